The highest BCUT2D eigenvalue weighted by Gasteiger charge is 2.31. The Kier molecular flexibility index (Phi) is 6.55. The van der Waals surface area contributed by atoms with E-state index in [1.54, 1.807) is 23.2 Å². The average molecular weight is 455 g/mol. The summed E-state index contributed by atoms with van der Waals surface area (Å²) in [4.78, 5) is 32.2. The van der Waals surface area contributed by atoms with E-state index in [4.69, 9.17) is 11.6 Å². The van der Waals surface area contributed by atoms with E-state index in [1.165, 1.54) is 24.3 Å². The molecule has 1 aromatic heterocycles. The Morgan fingerprint density at radius 3 is 2.53 bits per heavy atom. The highest BCUT2D eigenvalue weighted by atomic mass is 35.5. The molecule has 0 aliphatic carbocycles. The number of halogens is 2. The summed E-state index contributed by atoms with van der Waals surface area (Å²) in [6.07, 6.45) is 4.92. The summed E-state index contributed by atoms with van der Waals surface area (Å²) in [6.45, 7) is 0.885. The van der Waals surface area contributed by atoms with Crippen LogP contribution in [0.2, 0.25) is 5.02 Å². The van der Waals surface area contributed by atoms with E-state index in [0.29, 0.717) is 35.9 Å². The third kappa shape index (κ3) is 4.83. The zero-order valence-electron chi connectivity index (χ0n) is 17.7. The second kappa shape index (κ2) is 9.53. The number of carbonyl (C=O) groups excluding carboxylic acids is 2. The third-order valence-corrected chi connectivity index (χ3v) is 6.03. The zero-order chi connectivity index (χ0) is 22.7. The van der Waals surface area contributed by atoms with Crippen LogP contribution >= 0.6 is 11.6 Å². The molecule has 1 saturated heterocycles. The van der Waals surface area contributed by atoms with Crippen molar-refractivity contribution < 1.29 is 14.0 Å². The van der Waals surface area contributed by atoms with Crippen molar-refractivity contribution in [2.75, 3.05) is 13.1 Å². The molecule has 0 radical (unpaired) electrons. The molecule has 0 saturated carbocycles. The average Bonchev–Trinajstić information content (AvgIpc) is 3.23. The van der Waals surface area contributed by atoms with Crippen molar-refractivity contribution in [1.82, 2.24) is 19.8 Å². The lowest BCUT2D eigenvalue weighted by atomic mass is 9.95. The van der Waals surface area contributed by atoms with E-state index in [9.17, 15) is 14.0 Å². The SMILES string of the molecule is Cn1ccnc1[C@@H](NC(=O)[C@H]1CCCN(C(=O)c2ccc(F)cc2)C1)c1ccc(Cl)cc1. The standard InChI is InChI=1S/C24H24ClFN4O2/c1-29-14-12-27-22(29)21(16-4-8-19(25)9-5-16)28-23(31)18-3-2-13-30(15-18)24(32)17-6-10-20(26)11-7-17/h4-12,14,18,21H,2-3,13,15H2,1H3,(H,28,31)/t18-,21-/m0/s1. The summed E-state index contributed by atoms with van der Waals surface area (Å²) >= 11 is 6.04. The van der Waals surface area contributed by atoms with Gasteiger partial charge in [-0.15, -0.1) is 0 Å². The van der Waals surface area contributed by atoms with E-state index in [0.717, 1.165) is 12.0 Å². The monoisotopic (exact) mass is 454 g/mol. The number of rotatable bonds is 5. The number of hydrogen-bond donors (Lipinski definition) is 1. The van der Waals surface area contributed by atoms with Crippen LogP contribution < -0.4 is 5.32 Å². The molecule has 1 aliphatic rings. The molecule has 166 valence electrons. The molecule has 0 bridgehead atoms. The normalized spacial score (nSPS) is 17.1. The van der Waals surface area contributed by atoms with Gasteiger partial charge >= 0.3 is 0 Å². The van der Waals surface area contributed by atoms with Crippen LogP contribution in [0.5, 0.6) is 0 Å². The van der Waals surface area contributed by atoms with Crippen LogP contribution in [0.25, 0.3) is 0 Å². The van der Waals surface area contributed by atoms with Crippen molar-refractivity contribution in [2.24, 2.45) is 13.0 Å². The van der Waals surface area contributed by atoms with Crippen LogP contribution in [-0.4, -0.2) is 39.4 Å². The van der Waals surface area contributed by atoms with Gasteiger partial charge in [0, 0.05) is 43.1 Å². The number of nitrogens with one attached hydrogen (secondary N) is 1. The minimum atomic E-state index is -0.442. The first-order valence-electron chi connectivity index (χ1n) is 10.5. The summed E-state index contributed by atoms with van der Waals surface area (Å²) in [5.41, 5.74) is 1.28. The second-order valence-corrected chi connectivity index (χ2v) is 8.42. The molecule has 4 rings (SSSR count). The Morgan fingerprint density at radius 2 is 1.88 bits per heavy atom. The van der Waals surface area contributed by atoms with Crippen molar-refractivity contribution >= 4 is 23.4 Å². The molecule has 2 heterocycles. The molecule has 1 fully saturated rings. The van der Waals surface area contributed by atoms with Gasteiger partial charge in [-0.05, 0) is 54.8 Å². The van der Waals surface area contributed by atoms with E-state index in [-0.39, 0.29) is 23.5 Å². The van der Waals surface area contributed by atoms with Gasteiger partial charge in [-0.1, -0.05) is 23.7 Å². The molecule has 2 atom stereocenters. The van der Waals surface area contributed by atoms with Crippen molar-refractivity contribution in [2.45, 2.75) is 18.9 Å². The molecule has 3 aromatic rings. The van der Waals surface area contributed by atoms with Gasteiger partial charge in [-0.25, -0.2) is 9.37 Å². The van der Waals surface area contributed by atoms with Gasteiger partial charge in [0.1, 0.15) is 17.7 Å². The van der Waals surface area contributed by atoms with E-state index < -0.39 is 6.04 Å². The maximum Gasteiger partial charge on any atom is 0.253 e. The quantitative estimate of drug-likeness (QED) is 0.634. The third-order valence-electron chi connectivity index (χ3n) is 5.78. The summed E-state index contributed by atoms with van der Waals surface area (Å²) in [5.74, 6) is -0.357. The Labute approximate surface area is 191 Å². The first-order valence-corrected chi connectivity index (χ1v) is 10.9. The van der Waals surface area contributed by atoms with Gasteiger partial charge in [0.05, 0.1) is 5.92 Å². The zero-order valence-corrected chi connectivity index (χ0v) is 18.4. The molecule has 0 spiro atoms. The molecule has 1 N–H and O–H groups in total. The molecule has 32 heavy (non-hydrogen) atoms. The van der Waals surface area contributed by atoms with Crippen molar-refractivity contribution in [1.29, 1.82) is 0 Å². The van der Waals surface area contributed by atoms with Gasteiger partial charge < -0.3 is 14.8 Å². The van der Waals surface area contributed by atoms with Gasteiger partial charge in [0.2, 0.25) is 5.91 Å². The van der Waals surface area contributed by atoms with Crippen LogP contribution in [0.1, 0.15) is 40.6 Å². The maximum atomic E-state index is 13.2. The second-order valence-electron chi connectivity index (χ2n) is 7.99. The summed E-state index contributed by atoms with van der Waals surface area (Å²) in [7, 11) is 1.88. The van der Waals surface area contributed by atoms with Gasteiger partial charge in [0.15, 0.2) is 0 Å². The predicted molar refractivity (Wildman–Crippen MR) is 120 cm³/mol. The fourth-order valence-electron chi connectivity index (χ4n) is 4.02. The van der Waals surface area contributed by atoms with Crippen molar-refractivity contribution in [3.63, 3.8) is 0 Å². The molecule has 8 heteroatoms. The lowest BCUT2D eigenvalue weighted by Crippen LogP contribution is -2.46. The number of amides is 2. The largest absolute Gasteiger partial charge is 0.342 e. The fourth-order valence-corrected chi connectivity index (χ4v) is 4.14. The molecular formula is C24H24ClFN4O2. The van der Waals surface area contributed by atoms with Crippen LogP contribution in [-0.2, 0) is 11.8 Å². The number of hydrogen-bond acceptors (Lipinski definition) is 3. The number of carbonyl (C=O) groups is 2. The Bertz CT molecular complexity index is 1100. The van der Waals surface area contributed by atoms with Crippen LogP contribution in [0.15, 0.2) is 60.9 Å². The lowest BCUT2D eigenvalue weighted by Gasteiger charge is -2.33. The topological polar surface area (TPSA) is 67.2 Å². The van der Waals surface area contributed by atoms with Gasteiger partial charge in [-0.3, -0.25) is 9.59 Å². The number of piperidine rings is 1. The number of likely N-dealkylation sites (tertiary alicyclic amines) is 1. The maximum absolute atomic E-state index is 13.2. The predicted octanol–water partition coefficient (Wildman–Crippen LogP) is 3.97. The fraction of sp³-hybridized carbons (Fsp3) is 0.292. The van der Waals surface area contributed by atoms with Gasteiger partial charge in [0.25, 0.3) is 5.91 Å². The Morgan fingerprint density at radius 1 is 1.16 bits per heavy atom. The van der Waals surface area contributed by atoms with Crippen LogP contribution in [0.4, 0.5) is 4.39 Å². The first kappa shape index (κ1) is 22.0. The van der Waals surface area contributed by atoms with E-state index >= 15 is 0 Å². The number of aryl methyl sites for hydroxylation is 1. The Balaban J connectivity index is 1.50. The van der Waals surface area contributed by atoms with E-state index in [2.05, 4.69) is 10.3 Å². The smallest absolute Gasteiger partial charge is 0.253 e. The van der Waals surface area contributed by atoms with Crippen LogP contribution in [0, 0.1) is 11.7 Å². The minimum Gasteiger partial charge on any atom is -0.342 e. The molecular weight excluding hydrogens is 431 g/mol. The summed E-state index contributed by atoms with van der Waals surface area (Å²) in [6, 6.07) is 12.3. The molecule has 2 aromatic carbocycles. The van der Waals surface area contributed by atoms with Gasteiger partial charge in [-0.2, -0.15) is 0 Å². The number of nitrogens with zero attached hydrogens (tertiary/aromatic N) is 3. The highest BCUT2D eigenvalue weighted by Crippen LogP contribution is 2.25. The molecule has 6 nitrogen and oxygen atoms in total. The van der Waals surface area contributed by atoms with Crippen molar-refractivity contribution in [3.05, 3.63) is 88.7 Å². The van der Waals surface area contributed by atoms with Crippen LogP contribution in [0.3, 0.4) is 0 Å². The minimum absolute atomic E-state index is 0.135. The lowest BCUT2D eigenvalue weighted by molar-refractivity contribution is -0.126. The number of aromatic nitrogens is 2. The molecule has 2 amide bonds. The first-order chi connectivity index (χ1) is 15.4. The Hall–Kier alpha value is -3.19. The molecule has 0 unspecified atom stereocenters. The van der Waals surface area contributed by atoms with Crippen molar-refractivity contribution in [3.8, 4) is 0 Å². The number of benzene rings is 2. The highest BCUT2D eigenvalue weighted by molar-refractivity contribution is 6.30. The summed E-state index contributed by atoms with van der Waals surface area (Å²) < 4.78 is 15.1. The summed E-state index contributed by atoms with van der Waals surface area (Å²) in [5, 5.41) is 3.73. The molecule has 1 aliphatic heterocycles. The number of imidazole rings is 1. The van der Waals surface area contributed by atoms with E-state index in [1.807, 2.05) is 29.9 Å².